The smallest absolute Gasteiger partial charge is 0.320 e. The summed E-state index contributed by atoms with van der Waals surface area (Å²) >= 11 is 0. The number of para-hydroxylation sites is 1. The highest BCUT2D eigenvalue weighted by Gasteiger charge is 2.21. The second-order valence-corrected chi connectivity index (χ2v) is 6.60. The molecule has 0 aliphatic heterocycles. The van der Waals surface area contributed by atoms with E-state index in [2.05, 4.69) is 5.10 Å². The quantitative estimate of drug-likeness (QED) is 0.372. The Labute approximate surface area is 195 Å². The van der Waals surface area contributed by atoms with Crippen LogP contribution in [-0.4, -0.2) is 21.6 Å². The highest BCUT2D eigenvalue weighted by atomic mass is 16.6. The summed E-state index contributed by atoms with van der Waals surface area (Å²) in [5, 5.41) is 4.54. The first kappa shape index (κ1) is 25.5. The molecule has 2 aromatic carbocycles. The van der Waals surface area contributed by atoms with Crippen LogP contribution in [0.4, 0.5) is 0 Å². The van der Waals surface area contributed by atoms with Crippen molar-refractivity contribution in [2.45, 2.75) is 41.2 Å². The molecule has 0 aliphatic carbocycles. The summed E-state index contributed by atoms with van der Waals surface area (Å²) < 4.78 is 19.5. The largest absolute Gasteiger partial charge is 0.472 e. The molecule has 2 heterocycles. The van der Waals surface area contributed by atoms with Gasteiger partial charge in [-0.3, -0.25) is 4.79 Å². The molecular formula is C26H33N3O4. The number of nitrogens with zero attached hydrogens (tertiary/aromatic N) is 3. The molecule has 0 unspecified atom stereocenters. The van der Waals surface area contributed by atoms with Crippen LogP contribution in [0, 0.1) is 6.92 Å². The van der Waals surface area contributed by atoms with Crippen LogP contribution in [0.25, 0.3) is 16.8 Å². The van der Waals surface area contributed by atoms with E-state index in [0.717, 1.165) is 21.6 Å². The number of ether oxygens (including phenoxy) is 2. The molecule has 0 atom stereocenters. The fourth-order valence-electron chi connectivity index (χ4n) is 3.16. The van der Waals surface area contributed by atoms with Crippen molar-refractivity contribution in [1.29, 1.82) is 0 Å². The Bertz CT molecular complexity index is 1190. The third kappa shape index (κ3) is 5.74. The van der Waals surface area contributed by atoms with Gasteiger partial charge in [-0.15, -0.1) is 5.10 Å². The molecule has 0 fully saturated rings. The van der Waals surface area contributed by atoms with Crippen molar-refractivity contribution in [3.63, 3.8) is 0 Å². The molecule has 7 nitrogen and oxygen atoms in total. The van der Waals surface area contributed by atoms with E-state index in [4.69, 9.17) is 14.0 Å². The molecule has 0 saturated carbocycles. The summed E-state index contributed by atoms with van der Waals surface area (Å²) in [5.74, 6) is 0.713. The molecule has 2 aromatic heterocycles. The van der Waals surface area contributed by atoms with E-state index >= 15 is 0 Å². The maximum atomic E-state index is 12.5. The first-order chi connectivity index (χ1) is 16.1. The number of methoxy groups -OCH3 is 1. The lowest BCUT2D eigenvalue weighted by Crippen LogP contribution is -2.12. The van der Waals surface area contributed by atoms with Gasteiger partial charge >= 0.3 is 5.95 Å². The minimum absolute atomic E-state index is 0.175. The van der Waals surface area contributed by atoms with Crippen LogP contribution in [0.3, 0.4) is 0 Å². The maximum Gasteiger partial charge on any atom is 0.320 e. The molecule has 0 saturated heterocycles. The van der Waals surface area contributed by atoms with Gasteiger partial charge in [-0.05, 0) is 24.6 Å². The van der Waals surface area contributed by atoms with Crippen molar-refractivity contribution in [3.05, 3.63) is 82.3 Å². The molecule has 0 aliphatic rings. The maximum absolute atomic E-state index is 12.5. The topological polar surface area (TPSA) is 71.4 Å². The number of aromatic nitrogens is 3. The molecule has 0 N–H and O–H groups in total. The van der Waals surface area contributed by atoms with Crippen molar-refractivity contribution < 1.29 is 14.0 Å². The normalized spacial score (nSPS) is 9.91. The molecule has 176 valence electrons. The highest BCUT2D eigenvalue weighted by Crippen LogP contribution is 2.30. The van der Waals surface area contributed by atoms with E-state index in [1.165, 1.54) is 7.11 Å². The van der Waals surface area contributed by atoms with E-state index in [0.29, 0.717) is 17.0 Å². The Balaban J connectivity index is 0.000000914. The van der Waals surface area contributed by atoms with Gasteiger partial charge in [0.2, 0.25) is 5.88 Å². The van der Waals surface area contributed by atoms with Crippen molar-refractivity contribution in [2.75, 3.05) is 7.11 Å². The van der Waals surface area contributed by atoms with E-state index in [-0.39, 0.29) is 18.1 Å². The zero-order chi connectivity index (χ0) is 24.4. The van der Waals surface area contributed by atoms with E-state index in [9.17, 15) is 4.79 Å². The van der Waals surface area contributed by atoms with Gasteiger partial charge in [-0.2, -0.15) is 4.74 Å². The third-order valence-electron chi connectivity index (χ3n) is 4.63. The molecule has 4 aromatic rings. The lowest BCUT2D eigenvalue weighted by atomic mass is 10.0. The van der Waals surface area contributed by atoms with Gasteiger partial charge in [0.1, 0.15) is 12.2 Å². The van der Waals surface area contributed by atoms with E-state index in [1.54, 1.807) is 11.7 Å². The summed E-state index contributed by atoms with van der Waals surface area (Å²) in [7, 11) is 3.02. The predicted molar refractivity (Wildman–Crippen MR) is 131 cm³/mol. The van der Waals surface area contributed by atoms with Crippen molar-refractivity contribution in [3.8, 4) is 28.6 Å². The standard InChI is InChI=1S/C22H21N3O4.2C2H6/c1-15-13-25(17-10-5-4-6-11-17)23-20(15)28-14-16-9-7-8-12-18(16)19-21(26)24(2)29-22(19)27-3;2*1-2/h4-13H,14H2,1-3H3;2*1-2H3. The van der Waals surface area contributed by atoms with Crippen molar-refractivity contribution in [1.82, 2.24) is 14.5 Å². The molecule has 0 spiro atoms. The van der Waals surface area contributed by atoms with Crippen molar-refractivity contribution in [2.24, 2.45) is 7.05 Å². The summed E-state index contributed by atoms with van der Waals surface area (Å²) in [6.07, 6.45) is 1.92. The molecule has 0 radical (unpaired) electrons. The Morgan fingerprint density at radius 2 is 1.61 bits per heavy atom. The van der Waals surface area contributed by atoms with Crippen LogP contribution >= 0.6 is 0 Å². The monoisotopic (exact) mass is 451 g/mol. The SMILES string of the molecule is CC.CC.COc1on(C)c(=O)c1-c1ccccc1COc1nn(-c2ccccc2)cc1C. The molecule has 33 heavy (non-hydrogen) atoms. The molecule has 4 rings (SSSR count). The van der Waals surface area contributed by atoms with Crippen LogP contribution in [0.5, 0.6) is 11.8 Å². The fraction of sp³-hybridized carbons (Fsp3) is 0.308. The van der Waals surface area contributed by atoms with Gasteiger partial charge in [0.15, 0.2) is 0 Å². The number of hydrogen-bond acceptors (Lipinski definition) is 5. The van der Waals surface area contributed by atoms with E-state index in [1.807, 2.05) is 95.4 Å². The molecular weight excluding hydrogens is 418 g/mol. The average molecular weight is 452 g/mol. The molecule has 7 heteroatoms. The number of rotatable bonds is 6. The zero-order valence-corrected chi connectivity index (χ0v) is 20.5. The van der Waals surface area contributed by atoms with Crippen LogP contribution in [-0.2, 0) is 13.7 Å². The number of benzene rings is 2. The summed E-state index contributed by atoms with van der Waals surface area (Å²) in [6.45, 7) is 10.2. The summed E-state index contributed by atoms with van der Waals surface area (Å²) in [5.41, 5.74) is 3.52. The minimum Gasteiger partial charge on any atom is -0.472 e. The Hall–Kier alpha value is -3.74. The van der Waals surface area contributed by atoms with Gasteiger partial charge in [-0.1, -0.05) is 70.2 Å². The predicted octanol–water partition coefficient (Wildman–Crippen LogP) is 5.78. The van der Waals surface area contributed by atoms with Crippen LogP contribution in [0.1, 0.15) is 38.8 Å². The molecule has 0 bridgehead atoms. The third-order valence-corrected chi connectivity index (χ3v) is 4.63. The highest BCUT2D eigenvalue weighted by molar-refractivity contribution is 5.70. The van der Waals surface area contributed by atoms with Crippen LogP contribution in [0.15, 0.2) is 70.1 Å². The summed E-state index contributed by atoms with van der Waals surface area (Å²) in [4.78, 5) is 12.5. The molecule has 0 amide bonds. The van der Waals surface area contributed by atoms with Gasteiger partial charge in [0, 0.05) is 24.4 Å². The second kappa shape index (κ2) is 12.3. The van der Waals surface area contributed by atoms with Crippen LogP contribution in [0.2, 0.25) is 0 Å². The fourth-order valence-corrected chi connectivity index (χ4v) is 3.16. The van der Waals surface area contributed by atoms with Gasteiger partial charge in [0.05, 0.1) is 12.8 Å². The van der Waals surface area contributed by atoms with E-state index < -0.39 is 0 Å². The minimum atomic E-state index is -0.265. The second-order valence-electron chi connectivity index (χ2n) is 6.60. The Morgan fingerprint density at radius 1 is 0.970 bits per heavy atom. The first-order valence-corrected chi connectivity index (χ1v) is 11.2. The number of hydrogen-bond donors (Lipinski definition) is 0. The lowest BCUT2D eigenvalue weighted by Gasteiger charge is -2.09. The van der Waals surface area contributed by atoms with Gasteiger partial charge in [-0.25, -0.2) is 4.68 Å². The number of aryl methyl sites for hydroxylation is 2. The van der Waals surface area contributed by atoms with Crippen LogP contribution < -0.4 is 15.0 Å². The first-order valence-electron chi connectivity index (χ1n) is 11.2. The zero-order valence-electron chi connectivity index (χ0n) is 20.5. The lowest BCUT2D eigenvalue weighted by molar-refractivity contribution is 0.208. The Kier molecular flexibility index (Phi) is 9.54. The van der Waals surface area contributed by atoms with Crippen molar-refractivity contribution >= 4 is 0 Å². The average Bonchev–Trinajstić information content (AvgIpc) is 3.39. The van der Waals surface area contributed by atoms with Gasteiger partial charge in [0.25, 0.3) is 5.56 Å². The van der Waals surface area contributed by atoms with Gasteiger partial charge < -0.3 is 14.0 Å². The Morgan fingerprint density at radius 3 is 2.27 bits per heavy atom. The summed E-state index contributed by atoms with van der Waals surface area (Å²) in [6, 6.07) is 17.4.